The van der Waals surface area contributed by atoms with Gasteiger partial charge >= 0.3 is 0 Å². The maximum atomic E-state index is 8.72. The van der Waals surface area contributed by atoms with Crippen molar-refractivity contribution in [2.75, 3.05) is 5.73 Å². The molecule has 0 unspecified atom stereocenters. The molecule has 0 radical (unpaired) electrons. The standard InChI is InChI=1S/C12H9N3O/c13-8-9-5-6-15-12(7-9)16-11-4-2-1-3-10(11)14/h1-7H,14H2. The highest BCUT2D eigenvalue weighted by Crippen LogP contribution is 2.25. The Balaban J connectivity index is 2.28. The summed E-state index contributed by atoms with van der Waals surface area (Å²) in [4.78, 5) is 3.99. The Bertz CT molecular complexity index is 546. The van der Waals surface area contributed by atoms with Gasteiger partial charge in [0, 0.05) is 12.3 Å². The van der Waals surface area contributed by atoms with E-state index >= 15 is 0 Å². The van der Waals surface area contributed by atoms with Gasteiger partial charge < -0.3 is 10.5 Å². The number of aromatic nitrogens is 1. The van der Waals surface area contributed by atoms with Crippen LogP contribution in [-0.4, -0.2) is 4.98 Å². The van der Waals surface area contributed by atoms with E-state index in [0.717, 1.165) is 0 Å². The maximum absolute atomic E-state index is 8.72. The molecule has 1 aromatic heterocycles. The lowest BCUT2D eigenvalue weighted by atomic mass is 10.3. The summed E-state index contributed by atoms with van der Waals surface area (Å²) >= 11 is 0. The van der Waals surface area contributed by atoms with Crippen LogP contribution in [0.15, 0.2) is 42.6 Å². The highest BCUT2D eigenvalue weighted by atomic mass is 16.5. The third-order valence-electron chi connectivity index (χ3n) is 2.00. The average Bonchev–Trinajstić information content (AvgIpc) is 2.32. The first-order valence-electron chi connectivity index (χ1n) is 4.68. The lowest BCUT2D eigenvalue weighted by molar-refractivity contribution is 0.465. The molecule has 16 heavy (non-hydrogen) atoms. The van der Waals surface area contributed by atoms with Gasteiger partial charge in [-0.2, -0.15) is 5.26 Å². The Morgan fingerprint density at radius 2 is 2.06 bits per heavy atom. The summed E-state index contributed by atoms with van der Waals surface area (Å²) in [5.74, 6) is 0.891. The van der Waals surface area contributed by atoms with Crippen LogP contribution in [0.3, 0.4) is 0 Å². The molecule has 1 aromatic carbocycles. The number of nitriles is 1. The number of anilines is 1. The van der Waals surface area contributed by atoms with Crippen LogP contribution in [0.2, 0.25) is 0 Å². The van der Waals surface area contributed by atoms with Gasteiger partial charge in [0.15, 0.2) is 5.75 Å². The van der Waals surface area contributed by atoms with Crippen molar-refractivity contribution in [1.82, 2.24) is 4.98 Å². The second kappa shape index (κ2) is 4.32. The maximum Gasteiger partial charge on any atom is 0.220 e. The fourth-order valence-electron chi connectivity index (χ4n) is 1.22. The molecule has 0 saturated carbocycles. The third kappa shape index (κ3) is 2.10. The van der Waals surface area contributed by atoms with E-state index < -0.39 is 0 Å². The molecule has 0 bridgehead atoms. The minimum atomic E-state index is 0.358. The van der Waals surface area contributed by atoms with Crippen LogP contribution in [-0.2, 0) is 0 Å². The van der Waals surface area contributed by atoms with Crippen LogP contribution in [0.1, 0.15) is 5.56 Å². The van der Waals surface area contributed by atoms with E-state index in [1.165, 1.54) is 6.20 Å². The number of nitrogens with zero attached hydrogens (tertiary/aromatic N) is 2. The van der Waals surface area contributed by atoms with E-state index in [1.807, 2.05) is 18.2 Å². The monoisotopic (exact) mass is 211 g/mol. The molecule has 1 heterocycles. The largest absolute Gasteiger partial charge is 0.437 e. The van der Waals surface area contributed by atoms with Crippen molar-refractivity contribution in [1.29, 1.82) is 5.26 Å². The van der Waals surface area contributed by atoms with Gasteiger partial charge in [0.25, 0.3) is 0 Å². The molecule has 0 aliphatic heterocycles. The van der Waals surface area contributed by atoms with E-state index in [1.54, 1.807) is 24.3 Å². The molecule has 0 atom stereocenters. The van der Waals surface area contributed by atoms with Crippen molar-refractivity contribution >= 4 is 5.69 Å². The van der Waals surface area contributed by atoms with Crippen LogP contribution in [0.5, 0.6) is 11.6 Å². The van der Waals surface area contributed by atoms with E-state index in [-0.39, 0.29) is 0 Å². The number of hydrogen-bond donors (Lipinski definition) is 1. The van der Waals surface area contributed by atoms with Crippen LogP contribution in [0.25, 0.3) is 0 Å². The first-order chi connectivity index (χ1) is 7.79. The predicted octanol–water partition coefficient (Wildman–Crippen LogP) is 2.33. The molecule has 0 aliphatic rings. The topological polar surface area (TPSA) is 71.9 Å². The van der Waals surface area contributed by atoms with E-state index in [9.17, 15) is 0 Å². The van der Waals surface area contributed by atoms with Gasteiger partial charge in [-0.15, -0.1) is 0 Å². The Hall–Kier alpha value is -2.54. The minimum absolute atomic E-state index is 0.358. The van der Waals surface area contributed by atoms with Crippen LogP contribution in [0, 0.1) is 11.3 Å². The van der Waals surface area contributed by atoms with Crippen molar-refractivity contribution in [3.8, 4) is 17.7 Å². The molecule has 4 nitrogen and oxygen atoms in total. The van der Waals surface area contributed by atoms with Gasteiger partial charge in [0.2, 0.25) is 5.88 Å². The van der Waals surface area contributed by atoms with Crippen molar-refractivity contribution < 1.29 is 4.74 Å². The summed E-state index contributed by atoms with van der Waals surface area (Å²) in [5, 5.41) is 8.72. The SMILES string of the molecule is N#Cc1ccnc(Oc2ccccc2N)c1. The highest BCUT2D eigenvalue weighted by molar-refractivity contribution is 5.53. The van der Waals surface area contributed by atoms with E-state index in [0.29, 0.717) is 22.9 Å². The Kier molecular flexibility index (Phi) is 2.70. The number of hydrogen-bond acceptors (Lipinski definition) is 4. The van der Waals surface area contributed by atoms with Crippen molar-refractivity contribution in [2.45, 2.75) is 0 Å². The number of pyridine rings is 1. The molecule has 0 spiro atoms. The number of benzene rings is 1. The molecule has 0 aliphatic carbocycles. The average molecular weight is 211 g/mol. The van der Waals surface area contributed by atoms with Gasteiger partial charge in [-0.3, -0.25) is 0 Å². The molecule has 78 valence electrons. The summed E-state index contributed by atoms with van der Waals surface area (Å²) < 4.78 is 5.46. The quantitative estimate of drug-likeness (QED) is 0.774. The number of nitrogens with two attached hydrogens (primary N) is 1. The van der Waals surface area contributed by atoms with Gasteiger partial charge in [0.05, 0.1) is 17.3 Å². The fraction of sp³-hybridized carbons (Fsp3) is 0. The first kappa shape index (κ1) is 9.99. The van der Waals surface area contributed by atoms with Crippen LogP contribution < -0.4 is 10.5 Å². The molecule has 4 heteroatoms. The zero-order chi connectivity index (χ0) is 11.4. The van der Waals surface area contributed by atoms with E-state index in [2.05, 4.69) is 4.98 Å². The molecule has 0 amide bonds. The Morgan fingerprint density at radius 3 is 2.81 bits per heavy atom. The fourth-order valence-corrected chi connectivity index (χ4v) is 1.22. The third-order valence-corrected chi connectivity index (χ3v) is 2.00. The molecular formula is C12H9N3O. The summed E-state index contributed by atoms with van der Waals surface area (Å²) in [5.41, 5.74) is 6.75. The number of rotatable bonds is 2. The summed E-state index contributed by atoms with van der Waals surface area (Å²) in [6, 6.07) is 12.3. The Labute approximate surface area is 92.9 Å². The first-order valence-corrected chi connectivity index (χ1v) is 4.68. The second-order valence-corrected chi connectivity index (χ2v) is 3.13. The molecule has 2 aromatic rings. The van der Waals surface area contributed by atoms with Crippen LogP contribution >= 0.6 is 0 Å². The van der Waals surface area contributed by atoms with Gasteiger partial charge in [0.1, 0.15) is 0 Å². The number of para-hydroxylation sites is 2. The molecule has 2 rings (SSSR count). The van der Waals surface area contributed by atoms with E-state index in [4.69, 9.17) is 15.7 Å². The normalized spacial score (nSPS) is 9.44. The molecule has 2 N–H and O–H groups in total. The molecular weight excluding hydrogens is 202 g/mol. The molecule has 0 fully saturated rings. The smallest absolute Gasteiger partial charge is 0.220 e. The minimum Gasteiger partial charge on any atom is -0.437 e. The number of nitrogen functional groups attached to an aromatic ring is 1. The molecule has 0 saturated heterocycles. The van der Waals surface area contributed by atoms with Crippen molar-refractivity contribution in [2.24, 2.45) is 0 Å². The van der Waals surface area contributed by atoms with Gasteiger partial charge in [-0.1, -0.05) is 12.1 Å². The zero-order valence-corrected chi connectivity index (χ0v) is 8.42. The summed E-state index contributed by atoms with van der Waals surface area (Å²) in [6.45, 7) is 0. The highest BCUT2D eigenvalue weighted by Gasteiger charge is 2.02. The predicted molar refractivity (Wildman–Crippen MR) is 59.9 cm³/mol. The van der Waals surface area contributed by atoms with Gasteiger partial charge in [-0.25, -0.2) is 4.98 Å². The van der Waals surface area contributed by atoms with Crippen molar-refractivity contribution in [3.05, 3.63) is 48.2 Å². The summed E-state index contributed by atoms with van der Waals surface area (Å²) in [7, 11) is 0. The van der Waals surface area contributed by atoms with Crippen molar-refractivity contribution in [3.63, 3.8) is 0 Å². The zero-order valence-electron chi connectivity index (χ0n) is 8.42. The van der Waals surface area contributed by atoms with Gasteiger partial charge in [-0.05, 0) is 18.2 Å². The van der Waals surface area contributed by atoms with Crippen LogP contribution in [0.4, 0.5) is 5.69 Å². The lowest BCUT2D eigenvalue weighted by Crippen LogP contribution is -1.93. The summed E-state index contributed by atoms with van der Waals surface area (Å²) in [6.07, 6.45) is 1.52. The second-order valence-electron chi connectivity index (χ2n) is 3.13. The lowest BCUT2D eigenvalue weighted by Gasteiger charge is -2.06. The Morgan fingerprint density at radius 1 is 1.25 bits per heavy atom. The number of ether oxygens (including phenoxy) is 1.